The molecule has 1 aromatic carbocycles. The lowest BCUT2D eigenvalue weighted by Crippen LogP contribution is -3.00. The summed E-state index contributed by atoms with van der Waals surface area (Å²) in [6, 6.07) is 8.26. The molecule has 3 aromatic rings. The van der Waals surface area contributed by atoms with Gasteiger partial charge in [0.1, 0.15) is 4.70 Å². The standard InChI is InChI=1S/C10H6N2S.HI/c1-2-7-3-4-8-10(13-6-12-8)9(7)11-5-1;/h1-6H;1H. The topological polar surface area (TPSA) is 27.0 Å². The zero-order valence-corrected chi connectivity index (χ0v) is 10.2. The van der Waals surface area contributed by atoms with Crippen LogP contribution in [0.1, 0.15) is 0 Å². The minimum Gasteiger partial charge on any atom is -1.00 e. The molecule has 2 heterocycles. The number of fused-ring (bicyclic) bond motifs is 3. The molecule has 0 aliphatic rings. The zero-order valence-electron chi connectivity index (χ0n) is 7.20. The number of aromatic amines is 1. The molecule has 1 N–H and O–H groups in total. The molecule has 0 saturated carbocycles. The minimum absolute atomic E-state index is 0. The smallest absolute Gasteiger partial charge is 0.230 e. The molecule has 0 spiro atoms. The van der Waals surface area contributed by atoms with E-state index in [0.29, 0.717) is 0 Å². The number of halogens is 1. The second-order valence-corrected chi connectivity index (χ2v) is 3.76. The van der Waals surface area contributed by atoms with Gasteiger partial charge in [0.25, 0.3) is 0 Å². The highest BCUT2D eigenvalue weighted by atomic mass is 127. The number of pyridine rings is 1. The molecule has 0 aliphatic carbocycles. The molecule has 2 nitrogen and oxygen atoms in total. The van der Waals surface area contributed by atoms with Crippen molar-refractivity contribution in [1.29, 1.82) is 0 Å². The molecule has 0 aliphatic heterocycles. The Balaban J connectivity index is 0.000000750. The number of hydrogen-bond donors (Lipinski definition) is 0. The number of thiazole rings is 1. The van der Waals surface area contributed by atoms with Crippen molar-refractivity contribution in [1.82, 2.24) is 4.98 Å². The minimum atomic E-state index is 0. The summed E-state index contributed by atoms with van der Waals surface area (Å²) in [6.07, 6.45) is 1.95. The molecule has 70 valence electrons. The number of nitrogens with one attached hydrogen (secondary N) is 1. The molecule has 0 atom stereocenters. The lowest BCUT2D eigenvalue weighted by molar-refractivity contribution is -0.343. The van der Waals surface area contributed by atoms with Crippen molar-refractivity contribution in [2.45, 2.75) is 0 Å². The lowest BCUT2D eigenvalue weighted by Gasteiger charge is -1.90. The van der Waals surface area contributed by atoms with Crippen LogP contribution >= 0.6 is 11.3 Å². The van der Waals surface area contributed by atoms with Crippen LogP contribution in [0, 0.1) is 0 Å². The third-order valence-corrected chi connectivity index (χ3v) is 2.99. The van der Waals surface area contributed by atoms with Gasteiger partial charge in [-0.1, -0.05) is 0 Å². The average Bonchev–Trinajstić information content (AvgIpc) is 2.65. The van der Waals surface area contributed by atoms with Gasteiger partial charge in [-0.25, -0.2) is 9.97 Å². The second kappa shape index (κ2) is 3.78. The van der Waals surface area contributed by atoms with E-state index in [1.165, 1.54) is 15.6 Å². The van der Waals surface area contributed by atoms with Gasteiger partial charge in [-0.2, -0.15) is 0 Å². The van der Waals surface area contributed by atoms with Crippen LogP contribution in [-0.4, -0.2) is 4.98 Å². The lowest BCUT2D eigenvalue weighted by atomic mass is 10.2. The van der Waals surface area contributed by atoms with Crippen LogP contribution in [0.4, 0.5) is 0 Å². The van der Waals surface area contributed by atoms with Gasteiger partial charge >= 0.3 is 0 Å². The Kier molecular flexibility index (Phi) is 2.64. The number of aromatic nitrogens is 2. The first-order chi connectivity index (χ1) is 6.45. The van der Waals surface area contributed by atoms with Crippen molar-refractivity contribution < 1.29 is 29.0 Å². The monoisotopic (exact) mass is 314 g/mol. The predicted octanol–water partition coefficient (Wildman–Crippen LogP) is -0.732. The van der Waals surface area contributed by atoms with E-state index in [4.69, 9.17) is 0 Å². The summed E-state index contributed by atoms with van der Waals surface area (Å²) in [5.41, 5.74) is 4.13. The number of hydrogen-bond acceptors (Lipinski definition) is 2. The predicted molar refractivity (Wildman–Crippen MR) is 53.7 cm³/mol. The fourth-order valence-electron chi connectivity index (χ4n) is 1.51. The van der Waals surface area contributed by atoms with E-state index in [1.54, 1.807) is 11.3 Å². The van der Waals surface area contributed by atoms with Crippen LogP contribution in [0.25, 0.3) is 21.1 Å². The molecule has 0 radical (unpaired) electrons. The summed E-state index contributed by atoms with van der Waals surface area (Å²) in [5, 5.41) is 1.24. The normalized spacial score (nSPS) is 10.3. The van der Waals surface area contributed by atoms with Crippen LogP contribution in [0.15, 0.2) is 36.0 Å². The molecular weight excluding hydrogens is 307 g/mol. The molecule has 4 heteroatoms. The van der Waals surface area contributed by atoms with Gasteiger partial charge in [-0.15, -0.1) is 11.3 Å². The van der Waals surface area contributed by atoms with Crippen molar-refractivity contribution in [2.75, 3.05) is 0 Å². The van der Waals surface area contributed by atoms with E-state index < -0.39 is 0 Å². The molecule has 0 saturated heterocycles. The van der Waals surface area contributed by atoms with Crippen molar-refractivity contribution >= 4 is 32.5 Å². The first kappa shape index (κ1) is 9.79. The van der Waals surface area contributed by atoms with Crippen LogP contribution in [0.2, 0.25) is 0 Å². The van der Waals surface area contributed by atoms with E-state index in [2.05, 4.69) is 28.2 Å². The van der Waals surface area contributed by atoms with Gasteiger partial charge < -0.3 is 24.0 Å². The molecular formula is C10H7IN2S. The maximum atomic E-state index is 4.27. The highest BCUT2D eigenvalue weighted by Gasteiger charge is 2.06. The Labute approximate surface area is 102 Å². The van der Waals surface area contributed by atoms with E-state index in [-0.39, 0.29) is 24.0 Å². The molecule has 0 amide bonds. The SMILES string of the molecule is [I-].c1c[nH+]c2c(c1)ccc1ncsc12. The van der Waals surface area contributed by atoms with Crippen molar-refractivity contribution in [3.8, 4) is 0 Å². The molecule has 3 rings (SSSR count). The Morgan fingerprint density at radius 2 is 2.14 bits per heavy atom. The van der Waals surface area contributed by atoms with E-state index in [9.17, 15) is 0 Å². The molecule has 0 bridgehead atoms. The van der Waals surface area contributed by atoms with Gasteiger partial charge in [0.2, 0.25) is 5.52 Å². The molecule has 0 fully saturated rings. The van der Waals surface area contributed by atoms with Crippen molar-refractivity contribution in [3.05, 3.63) is 36.0 Å². The first-order valence-electron chi connectivity index (χ1n) is 4.08. The first-order valence-corrected chi connectivity index (χ1v) is 4.96. The van der Waals surface area contributed by atoms with Crippen LogP contribution in [-0.2, 0) is 0 Å². The maximum Gasteiger partial charge on any atom is 0.230 e. The Morgan fingerprint density at radius 3 is 3.07 bits per heavy atom. The summed E-state index contributed by atoms with van der Waals surface area (Å²) >= 11 is 1.67. The number of benzene rings is 1. The Bertz CT molecular complexity index is 576. The quantitative estimate of drug-likeness (QED) is 0.503. The summed E-state index contributed by atoms with van der Waals surface area (Å²) in [5.74, 6) is 0. The highest BCUT2D eigenvalue weighted by molar-refractivity contribution is 7.17. The Morgan fingerprint density at radius 1 is 1.21 bits per heavy atom. The summed E-state index contributed by atoms with van der Waals surface area (Å²) < 4.78 is 1.23. The van der Waals surface area contributed by atoms with Crippen LogP contribution in [0.5, 0.6) is 0 Å². The Hall–Kier alpha value is -0.750. The second-order valence-electron chi connectivity index (χ2n) is 2.90. The highest BCUT2D eigenvalue weighted by Crippen LogP contribution is 2.23. The van der Waals surface area contributed by atoms with E-state index in [1.807, 2.05) is 17.8 Å². The summed E-state index contributed by atoms with van der Waals surface area (Å²) in [4.78, 5) is 7.52. The zero-order chi connectivity index (χ0) is 8.67. The molecule has 2 aromatic heterocycles. The third-order valence-electron chi connectivity index (χ3n) is 2.13. The third kappa shape index (κ3) is 1.38. The van der Waals surface area contributed by atoms with E-state index in [0.717, 1.165) is 5.52 Å². The number of H-pyrrole nitrogens is 1. The van der Waals surface area contributed by atoms with Gasteiger partial charge in [0, 0.05) is 11.5 Å². The molecule has 14 heavy (non-hydrogen) atoms. The van der Waals surface area contributed by atoms with Gasteiger partial charge in [-0.3, -0.25) is 0 Å². The fourth-order valence-corrected chi connectivity index (χ4v) is 2.32. The maximum absolute atomic E-state index is 4.27. The summed E-state index contributed by atoms with van der Waals surface area (Å²) in [6.45, 7) is 0. The number of rotatable bonds is 0. The largest absolute Gasteiger partial charge is 1.00 e. The average molecular weight is 314 g/mol. The van der Waals surface area contributed by atoms with Gasteiger partial charge in [-0.05, 0) is 18.2 Å². The van der Waals surface area contributed by atoms with Crippen LogP contribution in [0.3, 0.4) is 0 Å². The van der Waals surface area contributed by atoms with Crippen molar-refractivity contribution in [2.24, 2.45) is 0 Å². The molecule has 0 unspecified atom stereocenters. The van der Waals surface area contributed by atoms with Crippen LogP contribution < -0.4 is 29.0 Å². The van der Waals surface area contributed by atoms with Crippen molar-refractivity contribution in [3.63, 3.8) is 0 Å². The van der Waals surface area contributed by atoms with E-state index >= 15 is 0 Å². The van der Waals surface area contributed by atoms with Gasteiger partial charge in [0.05, 0.1) is 11.0 Å². The fraction of sp³-hybridized carbons (Fsp3) is 0. The number of nitrogens with zero attached hydrogens (tertiary/aromatic N) is 1. The van der Waals surface area contributed by atoms with Gasteiger partial charge in [0.15, 0.2) is 6.20 Å². The summed E-state index contributed by atoms with van der Waals surface area (Å²) in [7, 11) is 0.